The summed E-state index contributed by atoms with van der Waals surface area (Å²) in [5.74, 6) is 2.58. The molecule has 0 aliphatic rings. The number of aromatic nitrogens is 2. The van der Waals surface area contributed by atoms with E-state index < -0.39 is 0 Å². The van der Waals surface area contributed by atoms with Crippen LogP contribution in [0.3, 0.4) is 0 Å². The first kappa shape index (κ1) is 15.7. The van der Waals surface area contributed by atoms with Crippen molar-refractivity contribution in [1.29, 1.82) is 0 Å². The molecule has 0 saturated heterocycles. The van der Waals surface area contributed by atoms with Crippen molar-refractivity contribution in [3.63, 3.8) is 0 Å². The molecule has 0 atom stereocenters. The highest BCUT2D eigenvalue weighted by molar-refractivity contribution is 7.98. The number of aryl methyl sites for hydroxylation is 1. The number of pyridine rings is 1. The molecular formula is C18H20N2O2S. The number of benzene rings is 1. The summed E-state index contributed by atoms with van der Waals surface area (Å²) in [6.07, 6.45) is 1.87. The SMILES string of the molecule is COc1ccc2cc(SCc3ncc(C)c(OC)c3C)[nH]c2c1. The number of methoxy groups -OCH3 is 2. The van der Waals surface area contributed by atoms with Crippen molar-refractivity contribution < 1.29 is 9.47 Å². The first-order valence-corrected chi connectivity index (χ1v) is 8.39. The van der Waals surface area contributed by atoms with Gasteiger partial charge in [0, 0.05) is 40.0 Å². The van der Waals surface area contributed by atoms with E-state index in [4.69, 9.17) is 9.47 Å². The highest BCUT2D eigenvalue weighted by atomic mass is 32.2. The topological polar surface area (TPSA) is 47.1 Å². The minimum absolute atomic E-state index is 0.798. The molecule has 0 unspecified atom stereocenters. The summed E-state index contributed by atoms with van der Waals surface area (Å²) in [6.45, 7) is 4.08. The van der Waals surface area contributed by atoms with Gasteiger partial charge in [0.1, 0.15) is 11.5 Å². The zero-order valence-electron chi connectivity index (χ0n) is 13.8. The van der Waals surface area contributed by atoms with Crippen molar-refractivity contribution in [2.45, 2.75) is 24.6 Å². The van der Waals surface area contributed by atoms with E-state index >= 15 is 0 Å². The fourth-order valence-electron chi connectivity index (χ4n) is 2.65. The molecule has 0 radical (unpaired) electrons. The lowest BCUT2D eigenvalue weighted by Crippen LogP contribution is -1.98. The van der Waals surface area contributed by atoms with Gasteiger partial charge in [-0.25, -0.2) is 0 Å². The summed E-state index contributed by atoms with van der Waals surface area (Å²) in [7, 11) is 3.39. The largest absolute Gasteiger partial charge is 0.497 e. The van der Waals surface area contributed by atoms with E-state index in [-0.39, 0.29) is 0 Å². The molecule has 2 aromatic heterocycles. The Hall–Kier alpha value is -2.14. The van der Waals surface area contributed by atoms with Gasteiger partial charge in [-0.15, -0.1) is 11.8 Å². The number of nitrogens with one attached hydrogen (secondary N) is 1. The number of thioether (sulfide) groups is 1. The summed E-state index contributed by atoms with van der Waals surface area (Å²) in [5.41, 5.74) is 4.31. The van der Waals surface area contributed by atoms with Crippen LogP contribution >= 0.6 is 11.8 Å². The molecule has 23 heavy (non-hydrogen) atoms. The van der Waals surface area contributed by atoms with Gasteiger partial charge in [0.05, 0.1) is 24.9 Å². The van der Waals surface area contributed by atoms with Crippen molar-refractivity contribution in [1.82, 2.24) is 9.97 Å². The predicted octanol–water partition coefficient (Wildman–Crippen LogP) is 4.49. The molecular weight excluding hydrogens is 308 g/mol. The van der Waals surface area contributed by atoms with Crippen LogP contribution in [0.15, 0.2) is 35.5 Å². The fraction of sp³-hybridized carbons (Fsp3) is 0.278. The first-order valence-electron chi connectivity index (χ1n) is 7.41. The standard InChI is InChI=1S/C18H20N2O2S/c1-11-9-19-16(12(2)18(11)22-4)10-23-17-7-13-5-6-14(21-3)8-15(13)20-17/h5-9,20H,10H2,1-4H3. The molecule has 1 aromatic carbocycles. The predicted molar refractivity (Wildman–Crippen MR) is 94.7 cm³/mol. The molecule has 0 spiro atoms. The summed E-state index contributed by atoms with van der Waals surface area (Å²) < 4.78 is 10.7. The fourth-order valence-corrected chi connectivity index (χ4v) is 3.62. The molecule has 0 amide bonds. The summed E-state index contributed by atoms with van der Waals surface area (Å²) in [6, 6.07) is 8.20. The molecule has 1 N–H and O–H groups in total. The summed E-state index contributed by atoms with van der Waals surface area (Å²) in [5, 5.41) is 2.30. The van der Waals surface area contributed by atoms with Gasteiger partial charge in [-0.3, -0.25) is 4.98 Å². The second-order valence-corrected chi connectivity index (χ2v) is 6.44. The minimum Gasteiger partial charge on any atom is -0.497 e. The van der Waals surface area contributed by atoms with E-state index in [2.05, 4.69) is 29.0 Å². The zero-order chi connectivity index (χ0) is 16.4. The van der Waals surface area contributed by atoms with Gasteiger partial charge in [0.2, 0.25) is 0 Å². The number of nitrogens with zero attached hydrogens (tertiary/aromatic N) is 1. The van der Waals surface area contributed by atoms with Crippen LogP contribution in [0, 0.1) is 13.8 Å². The van der Waals surface area contributed by atoms with Crippen LogP contribution in [0.25, 0.3) is 10.9 Å². The van der Waals surface area contributed by atoms with E-state index in [0.29, 0.717) is 0 Å². The Labute approximate surface area is 140 Å². The molecule has 120 valence electrons. The number of hydrogen-bond donors (Lipinski definition) is 1. The third-order valence-electron chi connectivity index (χ3n) is 3.92. The maximum atomic E-state index is 5.47. The molecule has 0 bridgehead atoms. The zero-order valence-corrected chi connectivity index (χ0v) is 14.6. The van der Waals surface area contributed by atoms with Crippen molar-refractivity contribution in [3.8, 4) is 11.5 Å². The molecule has 4 nitrogen and oxygen atoms in total. The number of rotatable bonds is 5. The van der Waals surface area contributed by atoms with Gasteiger partial charge >= 0.3 is 0 Å². The minimum atomic E-state index is 0.798. The van der Waals surface area contributed by atoms with E-state index in [1.807, 2.05) is 25.3 Å². The molecule has 0 saturated carbocycles. The van der Waals surface area contributed by atoms with Crippen LogP contribution in [0.2, 0.25) is 0 Å². The van der Waals surface area contributed by atoms with Gasteiger partial charge < -0.3 is 14.5 Å². The number of aromatic amines is 1. The maximum absolute atomic E-state index is 5.47. The van der Waals surface area contributed by atoms with E-state index in [0.717, 1.165) is 44.6 Å². The van der Waals surface area contributed by atoms with Crippen LogP contribution < -0.4 is 9.47 Å². The lowest BCUT2D eigenvalue weighted by atomic mass is 10.1. The second kappa shape index (κ2) is 6.54. The van der Waals surface area contributed by atoms with Gasteiger partial charge in [0.25, 0.3) is 0 Å². The lowest BCUT2D eigenvalue weighted by molar-refractivity contribution is 0.407. The number of fused-ring (bicyclic) bond motifs is 1. The third-order valence-corrected chi connectivity index (χ3v) is 4.87. The normalized spacial score (nSPS) is 11.0. The Bertz CT molecular complexity index is 842. The lowest BCUT2D eigenvalue weighted by Gasteiger charge is -2.11. The van der Waals surface area contributed by atoms with Gasteiger partial charge in [-0.05, 0) is 32.0 Å². The monoisotopic (exact) mass is 328 g/mol. The van der Waals surface area contributed by atoms with Crippen molar-refractivity contribution in [2.75, 3.05) is 14.2 Å². The highest BCUT2D eigenvalue weighted by Crippen LogP contribution is 2.31. The maximum Gasteiger partial charge on any atom is 0.128 e. The van der Waals surface area contributed by atoms with Crippen LogP contribution in [0.4, 0.5) is 0 Å². The molecule has 0 aliphatic heterocycles. The molecule has 0 aliphatic carbocycles. The second-order valence-electron chi connectivity index (χ2n) is 5.42. The van der Waals surface area contributed by atoms with E-state index in [1.165, 1.54) is 5.39 Å². The Balaban J connectivity index is 1.81. The molecule has 3 rings (SSSR count). The number of hydrogen-bond acceptors (Lipinski definition) is 4. The van der Waals surface area contributed by atoms with Crippen molar-refractivity contribution >= 4 is 22.7 Å². The molecule has 3 aromatic rings. The van der Waals surface area contributed by atoms with Crippen LogP contribution in [-0.2, 0) is 5.75 Å². The number of ether oxygens (including phenoxy) is 2. The van der Waals surface area contributed by atoms with Crippen molar-refractivity contribution in [2.24, 2.45) is 0 Å². The Morgan fingerprint density at radius 2 is 1.96 bits per heavy atom. The Kier molecular flexibility index (Phi) is 4.48. The molecule has 2 heterocycles. The summed E-state index contributed by atoms with van der Waals surface area (Å²) >= 11 is 1.74. The molecule has 0 fully saturated rings. The Morgan fingerprint density at radius 1 is 1.13 bits per heavy atom. The average Bonchev–Trinajstić information content (AvgIpc) is 2.96. The Morgan fingerprint density at radius 3 is 2.70 bits per heavy atom. The first-order chi connectivity index (χ1) is 11.1. The van der Waals surface area contributed by atoms with E-state index in [1.54, 1.807) is 26.0 Å². The van der Waals surface area contributed by atoms with Gasteiger partial charge in [-0.2, -0.15) is 0 Å². The smallest absolute Gasteiger partial charge is 0.128 e. The van der Waals surface area contributed by atoms with Crippen LogP contribution in [0.5, 0.6) is 11.5 Å². The summed E-state index contributed by atoms with van der Waals surface area (Å²) in [4.78, 5) is 7.97. The quantitative estimate of drug-likeness (QED) is 0.701. The van der Waals surface area contributed by atoms with Gasteiger partial charge in [-0.1, -0.05) is 0 Å². The molecule has 5 heteroatoms. The van der Waals surface area contributed by atoms with E-state index in [9.17, 15) is 0 Å². The van der Waals surface area contributed by atoms with Gasteiger partial charge in [0.15, 0.2) is 0 Å². The van der Waals surface area contributed by atoms with Crippen LogP contribution in [-0.4, -0.2) is 24.2 Å². The average molecular weight is 328 g/mol. The highest BCUT2D eigenvalue weighted by Gasteiger charge is 2.10. The third kappa shape index (κ3) is 3.15. The number of H-pyrrole nitrogens is 1. The van der Waals surface area contributed by atoms with Crippen LogP contribution in [0.1, 0.15) is 16.8 Å². The van der Waals surface area contributed by atoms with Crippen molar-refractivity contribution in [3.05, 3.63) is 47.3 Å².